The van der Waals surface area contributed by atoms with Gasteiger partial charge in [-0.3, -0.25) is 9.59 Å². The van der Waals surface area contributed by atoms with Gasteiger partial charge in [-0.1, -0.05) is 57.2 Å². The Bertz CT molecular complexity index is 889. The predicted molar refractivity (Wildman–Crippen MR) is 145 cm³/mol. The highest BCUT2D eigenvalue weighted by atomic mass is 127. The van der Waals surface area contributed by atoms with Crippen molar-refractivity contribution in [2.75, 3.05) is 0 Å². The van der Waals surface area contributed by atoms with Gasteiger partial charge in [0.2, 0.25) is 5.24 Å². The number of hydrogen-bond donors (Lipinski definition) is 0. The average Bonchev–Trinajstić information content (AvgIpc) is 3.08. The van der Waals surface area contributed by atoms with Crippen LogP contribution in [0.15, 0.2) is 0 Å². The molecule has 5 saturated carbocycles. The van der Waals surface area contributed by atoms with Crippen molar-refractivity contribution in [1.29, 1.82) is 0 Å². The van der Waals surface area contributed by atoms with Gasteiger partial charge in [0, 0.05) is 21.7 Å². The standard InChI is InChI=1S/C29H44ClIO3/c1-17(32)34-22-11-12-26(4)20(25(22,2)3)10-13-28(6)21(26)8-7-18-23-19(31)9-14-29(23,24(30)33)16-15-27(18,28)5/h18-23H,7-16H2,1-6H3/t18?,19-,20?,21?,22+,23?,26+,27-,28-,29+/m1/s1. The fourth-order valence-electron chi connectivity index (χ4n) is 11.2. The number of ether oxygens (including phenoxy) is 1. The number of carbonyl (C=O) groups is 2. The van der Waals surface area contributed by atoms with Crippen molar-refractivity contribution in [3.63, 3.8) is 0 Å². The van der Waals surface area contributed by atoms with Crippen LogP contribution in [0.5, 0.6) is 0 Å². The summed E-state index contributed by atoms with van der Waals surface area (Å²) in [7, 11) is 0. The zero-order valence-electron chi connectivity index (χ0n) is 22.0. The van der Waals surface area contributed by atoms with E-state index in [2.05, 4.69) is 57.2 Å². The molecule has 4 unspecified atom stereocenters. The Kier molecular flexibility index (Phi) is 6.13. The van der Waals surface area contributed by atoms with E-state index in [4.69, 9.17) is 16.3 Å². The van der Waals surface area contributed by atoms with Crippen LogP contribution in [-0.2, 0) is 14.3 Å². The molecule has 0 spiro atoms. The number of fused-ring (bicyclic) bond motifs is 7. The van der Waals surface area contributed by atoms with E-state index in [9.17, 15) is 9.59 Å². The molecule has 5 fully saturated rings. The Balaban J connectivity index is 1.50. The van der Waals surface area contributed by atoms with Crippen molar-refractivity contribution in [2.24, 2.45) is 50.7 Å². The first-order valence-electron chi connectivity index (χ1n) is 13.8. The number of esters is 1. The fourth-order valence-corrected chi connectivity index (χ4v) is 13.0. The lowest BCUT2D eigenvalue weighted by Gasteiger charge is -2.72. The predicted octanol–water partition coefficient (Wildman–Crippen LogP) is 7.95. The lowest BCUT2D eigenvalue weighted by atomic mass is 9.32. The lowest BCUT2D eigenvalue weighted by molar-refractivity contribution is -0.246. The second-order valence-electron chi connectivity index (χ2n) is 14.1. The summed E-state index contributed by atoms with van der Waals surface area (Å²) < 4.78 is 6.44. The highest BCUT2D eigenvalue weighted by molar-refractivity contribution is 14.1. The van der Waals surface area contributed by atoms with Crippen molar-refractivity contribution >= 4 is 45.4 Å². The molecule has 5 aliphatic rings. The van der Waals surface area contributed by atoms with Crippen molar-refractivity contribution in [2.45, 2.75) is 116 Å². The molecule has 0 aromatic heterocycles. The molecule has 0 radical (unpaired) electrons. The van der Waals surface area contributed by atoms with Gasteiger partial charge in [0.05, 0.1) is 0 Å². The first-order chi connectivity index (χ1) is 15.7. The molecule has 0 heterocycles. The van der Waals surface area contributed by atoms with Crippen LogP contribution in [0, 0.1) is 50.7 Å². The third-order valence-corrected chi connectivity index (χ3v) is 14.8. The Labute approximate surface area is 225 Å². The van der Waals surface area contributed by atoms with Gasteiger partial charge in [0.15, 0.2) is 0 Å². The summed E-state index contributed by atoms with van der Waals surface area (Å²) in [5.74, 6) is 2.16. The fraction of sp³-hybridized carbons (Fsp3) is 0.931. The number of halogens is 2. The van der Waals surface area contributed by atoms with Crippen molar-refractivity contribution in [3.05, 3.63) is 0 Å². The Morgan fingerprint density at radius 3 is 2.18 bits per heavy atom. The van der Waals surface area contributed by atoms with Crippen LogP contribution in [0.4, 0.5) is 0 Å². The molecular weight excluding hydrogens is 559 g/mol. The molecule has 10 atom stereocenters. The molecule has 0 amide bonds. The van der Waals surface area contributed by atoms with E-state index in [1.165, 1.54) is 25.7 Å². The minimum atomic E-state index is -0.272. The van der Waals surface area contributed by atoms with Gasteiger partial charge in [0.25, 0.3) is 0 Å². The molecule has 5 aliphatic carbocycles. The smallest absolute Gasteiger partial charge is 0.302 e. The largest absolute Gasteiger partial charge is 0.462 e. The summed E-state index contributed by atoms with van der Waals surface area (Å²) >= 11 is 9.03. The summed E-state index contributed by atoms with van der Waals surface area (Å²) in [6.45, 7) is 14.1. The van der Waals surface area contributed by atoms with E-state index in [1.807, 2.05) is 0 Å². The maximum atomic E-state index is 12.8. The van der Waals surface area contributed by atoms with Crippen LogP contribution < -0.4 is 0 Å². The van der Waals surface area contributed by atoms with Crippen LogP contribution in [-0.4, -0.2) is 21.2 Å². The van der Waals surface area contributed by atoms with E-state index < -0.39 is 0 Å². The first-order valence-corrected chi connectivity index (χ1v) is 15.4. The molecule has 0 bridgehead atoms. The van der Waals surface area contributed by atoms with Crippen LogP contribution in [0.25, 0.3) is 0 Å². The maximum absolute atomic E-state index is 12.8. The monoisotopic (exact) mass is 602 g/mol. The molecule has 34 heavy (non-hydrogen) atoms. The number of rotatable bonds is 2. The van der Waals surface area contributed by atoms with Crippen molar-refractivity contribution in [1.82, 2.24) is 0 Å². The summed E-state index contributed by atoms with van der Waals surface area (Å²) in [6, 6.07) is 0. The van der Waals surface area contributed by atoms with Crippen LogP contribution in [0.1, 0.15) is 106 Å². The maximum Gasteiger partial charge on any atom is 0.302 e. The molecule has 5 rings (SSSR count). The minimum Gasteiger partial charge on any atom is -0.462 e. The van der Waals surface area contributed by atoms with Gasteiger partial charge in [-0.05, 0) is 116 Å². The van der Waals surface area contributed by atoms with Crippen molar-refractivity contribution < 1.29 is 14.3 Å². The van der Waals surface area contributed by atoms with Crippen LogP contribution >= 0.6 is 34.2 Å². The Hall–Kier alpha value is 0.160. The SMILES string of the molecule is CC(=O)O[C@H]1CC[C@@]2(C)C(CC[C@]3(C)C2CCC2C4[C@H](I)CC[C@]4(C(=O)Cl)CC[C@]23C)C1(C)C. The molecule has 5 heteroatoms. The molecule has 3 nitrogen and oxygen atoms in total. The average molecular weight is 603 g/mol. The molecule has 0 saturated heterocycles. The molecule has 0 N–H and O–H groups in total. The zero-order chi connectivity index (χ0) is 24.9. The van der Waals surface area contributed by atoms with Gasteiger partial charge in [-0.2, -0.15) is 0 Å². The van der Waals surface area contributed by atoms with E-state index in [1.54, 1.807) is 6.92 Å². The minimum absolute atomic E-state index is 0.00325. The van der Waals surface area contributed by atoms with Gasteiger partial charge >= 0.3 is 5.97 Å². The third kappa shape index (κ3) is 3.18. The molecule has 0 aromatic rings. The quantitative estimate of drug-likeness (QED) is 0.139. The van der Waals surface area contributed by atoms with E-state index in [0.717, 1.165) is 38.5 Å². The van der Waals surface area contributed by atoms with Crippen LogP contribution in [0.3, 0.4) is 0 Å². The third-order valence-electron chi connectivity index (χ3n) is 13.0. The number of carbonyl (C=O) groups excluding carboxylic acids is 2. The molecule has 0 aromatic carbocycles. The summed E-state index contributed by atoms with van der Waals surface area (Å²) in [5, 5.41) is -0.0489. The normalized spacial score (nSPS) is 53.6. The molecule has 192 valence electrons. The Morgan fingerprint density at radius 2 is 1.53 bits per heavy atom. The van der Waals surface area contributed by atoms with E-state index in [0.29, 0.717) is 27.6 Å². The van der Waals surface area contributed by atoms with Gasteiger partial charge in [0.1, 0.15) is 6.10 Å². The van der Waals surface area contributed by atoms with Gasteiger partial charge < -0.3 is 4.74 Å². The second-order valence-corrected chi connectivity index (χ2v) is 16.1. The topological polar surface area (TPSA) is 43.4 Å². The Morgan fingerprint density at radius 1 is 0.824 bits per heavy atom. The van der Waals surface area contributed by atoms with Crippen LogP contribution in [0.2, 0.25) is 0 Å². The molecule has 0 aliphatic heterocycles. The number of hydrogen-bond acceptors (Lipinski definition) is 3. The summed E-state index contributed by atoms with van der Waals surface area (Å²) in [4.78, 5) is 24.7. The number of alkyl halides is 1. The zero-order valence-corrected chi connectivity index (χ0v) is 24.9. The summed E-state index contributed by atoms with van der Waals surface area (Å²) in [6.07, 6.45) is 11.4. The summed E-state index contributed by atoms with van der Waals surface area (Å²) in [5.41, 5.74) is 0.549. The van der Waals surface area contributed by atoms with Crippen molar-refractivity contribution in [3.8, 4) is 0 Å². The van der Waals surface area contributed by atoms with Gasteiger partial charge in [-0.25, -0.2) is 0 Å². The van der Waals surface area contributed by atoms with E-state index >= 15 is 0 Å². The second kappa shape index (κ2) is 8.08. The first kappa shape index (κ1) is 25.8. The van der Waals surface area contributed by atoms with Gasteiger partial charge in [-0.15, -0.1) is 0 Å². The van der Waals surface area contributed by atoms with E-state index in [-0.39, 0.29) is 44.4 Å². The lowest BCUT2D eigenvalue weighted by Crippen LogP contribution is -2.67. The molecular formula is C29H44ClIO3. The highest BCUT2D eigenvalue weighted by Crippen LogP contribution is 2.77. The highest BCUT2D eigenvalue weighted by Gasteiger charge is 2.71.